The molecule has 2 saturated heterocycles. The van der Waals surface area contributed by atoms with Gasteiger partial charge < -0.3 is 24.4 Å². The summed E-state index contributed by atoms with van der Waals surface area (Å²) in [5, 5.41) is 0.571. The van der Waals surface area contributed by atoms with E-state index < -0.39 is 11.7 Å². The molecule has 0 bridgehead atoms. The molecule has 5 rings (SSSR count). The highest BCUT2D eigenvalue weighted by Crippen LogP contribution is 2.30. The number of aromatic amines is 1. The van der Waals surface area contributed by atoms with Gasteiger partial charge in [-0.2, -0.15) is 0 Å². The van der Waals surface area contributed by atoms with Crippen LogP contribution in [0.2, 0.25) is 0 Å². The Kier molecular flexibility index (Phi) is 9.01. The number of likely N-dealkylation sites (tertiary alicyclic amines) is 1. The molecule has 2 fully saturated rings. The molecule has 0 unspecified atom stereocenters. The molecule has 2 aliphatic rings. The largest absolute Gasteiger partial charge is 0.496 e. The van der Waals surface area contributed by atoms with Gasteiger partial charge >= 0.3 is 0 Å². The number of aromatic nitrogens is 1. The Hall–Kier alpha value is -3.72. The number of methoxy groups -OCH3 is 1. The highest BCUT2D eigenvalue weighted by molar-refractivity contribution is 6.45. The van der Waals surface area contributed by atoms with Gasteiger partial charge in [0.05, 0.1) is 18.2 Å². The fraction of sp³-hybridized carbons (Fsp3) is 0.433. The fourth-order valence-electron chi connectivity index (χ4n) is 4.86. The minimum atomic E-state index is -0.550. The summed E-state index contributed by atoms with van der Waals surface area (Å²) in [6, 6.07) is 9.82. The Labute approximate surface area is 228 Å². The molecular weight excluding hydrogens is 499 g/mol. The van der Waals surface area contributed by atoms with Gasteiger partial charge in [0.1, 0.15) is 11.6 Å². The third kappa shape index (κ3) is 6.65. The molecule has 9 heteroatoms. The molecule has 2 aromatic carbocycles. The standard InChI is InChI=1S/C23H30N4O4.C7H7F/c1-15-4-6-26(7-5-15)22(29)17-12-16-18(14-24-19(16)13-20(17)31-3)21(28)23(30)27-10-8-25(2)9-11-27;1-6-2-4-7(8)5-3-6/h12-15,24H,4-11H2,1-3H3;2-5H,1H3. The molecule has 0 atom stereocenters. The number of piperidine rings is 1. The number of piperazine rings is 1. The number of carbonyl (C=O) groups excluding carboxylic acids is 3. The van der Waals surface area contributed by atoms with Crippen LogP contribution in [0.5, 0.6) is 5.75 Å². The van der Waals surface area contributed by atoms with E-state index in [4.69, 9.17) is 4.74 Å². The first-order valence-electron chi connectivity index (χ1n) is 13.4. The van der Waals surface area contributed by atoms with Gasteiger partial charge in [-0.1, -0.05) is 24.6 Å². The van der Waals surface area contributed by atoms with Gasteiger partial charge in [-0.25, -0.2) is 4.39 Å². The lowest BCUT2D eigenvalue weighted by Crippen LogP contribution is -2.49. The first-order valence-corrected chi connectivity index (χ1v) is 13.4. The maximum atomic E-state index is 13.2. The normalized spacial score (nSPS) is 16.5. The number of hydrogen-bond acceptors (Lipinski definition) is 5. The zero-order chi connectivity index (χ0) is 28.1. The number of H-pyrrole nitrogens is 1. The number of carbonyl (C=O) groups is 3. The Balaban J connectivity index is 0.000000379. The molecule has 8 nitrogen and oxygen atoms in total. The lowest BCUT2D eigenvalue weighted by molar-refractivity contribution is -0.127. The van der Waals surface area contributed by atoms with Crippen LogP contribution in [0.25, 0.3) is 10.9 Å². The number of likely N-dealkylation sites (N-methyl/N-ethyl adjacent to an activating group) is 1. The molecule has 3 aromatic rings. The second-order valence-electron chi connectivity index (χ2n) is 10.5. The number of amides is 2. The number of hydrogen-bond donors (Lipinski definition) is 1. The van der Waals surface area contributed by atoms with Crippen LogP contribution in [0, 0.1) is 18.7 Å². The van der Waals surface area contributed by atoms with Crippen molar-refractivity contribution in [3.8, 4) is 5.75 Å². The third-order valence-electron chi connectivity index (χ3n) is 7.54. The average molecular weight is 537 g/mol. The van der Waals surface area contributed by atoms with E-state index in [-0.39, 0.29) is 11.7 Å². The smallest absolute Gasteiger partial charge is 0.295 e. The molecule has 208 valence electrons. The van der Waals surface area contributed by atoms with Gasteiger partial charge in [-0.3, -0.25) is 14.4 Å². The highest BCUT2D eigenvalue weighted by Gasteiger charge is 2.29. The van der Waals surface area contributed by atoms with Gasteiger partial charge in [-0.15, -0.1) is 0 Å². The van der Waals surface area contributed by atoms with E-state index >= 15 is 0 Å². The van der Waals surface area contributed by atoms with Gasteiger partial charge in [-0.05, 0) is 50.9 Å². The van der Waals surface area contributed by atoms with Crippen molar-refractivity contribution in [2.45, 2.75) is 26.7 Å². The Morgan fingerprint density at radius 1 is 0.923 bits per heavy atom. The summed E-state index contributed by atoms with van der Waals surface area (Å²) in [5.74, 6) is -0.245. The number of nitrogens with one attached hydrogen (secondary N) is 1. The first-order chi connectivity index (χ1) is 18.7. The maximum absolute atomic E-state index is 13.2. The zero-order valence-electron chi connectivity index (χ0n) is 23.1. The number of ketones is 1. The summed E-state index contributed by atoms with van der Waals surface area (Å²) in [4.78, 5) is 47.7. The molecule has 2 aliphatic heterocycles. The van der Waals surface area contributed by atoms with Gasteiger partial charge in [0, 0.05) is 62.4 Å². The van der Waals surface area contributed by atoms with Gasteiger partial charge in [0.15, 0.2) is 0 Å². The van der Waals surface area contributed by atoms with Gasteiger partial charge in [0.2, 0.25) is 0 Å². The van der Waals surface area contributed by atoms with Crippen molar-refractivity contribution in [3.63, 3.8) is 0 Å². The van der Waals surface area contributed by atoms with Crippen molar-refractivity contribution in [2.24, 2.45) is 5.92 Å². The van der Waals surface area contributed by atoms with Crippen molar-refractivity contribution < 1.29 is 23.5 Å². The molecular formula is C30H37FN4O4. The number of halogens is 1. The minimum Gasteiger partial charge on any atom is -0.496 e. The van der Waals surface area contributed by atoms with E-state index in [0.717, 1.165) is 31.5 Å². The summed E-state index contributed by atoms with van der Waals surface area (Å²) in [6.07, 6.45) is 3.50. The number of rotatable bonds is 4. The third-order valence-corrected chi connectivity index (χ3v) is 7.54. The summed E-state index contributed by atoms with van der Waals surface area (Å²) >= 11 is 0. The second-order valence-corrected chi connectivity index (χ2v) is 10.5. The van der Waals surface area contributed by atoms with E-state index in [1.807, 2.05) is 18.9 Å². The van der Waals surface area contributed by atoms with Crippen LogP contribution in [0.4, 0.5) is 4.39 Å². The Morgan fingerprint density at radius 2 is 1.56 bits per heavy atom. The monoisotopic (exact) mass is 536 g/mol. The zero-order valence-corrected chi connectivity index (χ0v) is 23.1. The number of nitrogens with zero attached hydrogens (tertiary/aromatic N) is 3. The maximum Gasteiger partial charge on any atom is 0.295 e. The molecule has 0 saturated carbocycles. The number of Topliss-reactive ketones (excluding diaryl/α,β-unsaturated/α-hetero) is 1. The fourth-order valence-corrected chi connectivity index (χ4v) is 4.86. The van der Waals surface area contributed by atoms with Crippen molar-refractivity contribution in [1.82, 2.24) is 19.7 Å². The van der Waals surface area contributed by atoms with E-state index in [1.54, 1.807) is 35.4 Å². The van der Waals surface area contributed by atoms with Gasteiger partial charge in [0.25, 0.3) is 17.6 Å². The SMILES string of the molecule is COc1cc2[nH]cc(C(=O)C(=O)N3CCN(C)CC3)c2cc1C(=O)N1CCC(C)CC1.Cc1ccc(F)cc1. The quantitative estimate of drug-likeness (QED) is 0.400. The second kappa shape index (κ2) is 12.4. The number of fused-ring (bicyclic) bond motifs is 1. The van der Waals surface area contributed by atoms with Crippen LogP contribution >= 0.6 is 0 Å². The summed E-state index contributed by atoms with van der Waals surface area (Å²) < 4.78 is 17.6. The molecule has 39 heavy (non-hydrogen) atoms. The first kappa shape index (κ1) is 28.3. The van der Waals surface area contributed by atoms with E-state index in [2.05, 4.69) is 16.8 Å². The summed E-state index contributed by atoms with van der Waals surface area (Å²) in [5.41, 5.74) is 2.47. The van der Waals surface area contributed by atoms with E-state index in [9.17, 15) is 18.8 Å². The van der Waals surface area contributed by atoms with Crippen molar-refractivity contribution in [1.29, 1.82) is 0 Å². The topological polar surface area (TPSA) is 86.0 Å². The molecule has 2 amide bonds. The van der Waals surface area contributed by atoms with Crippen LogP contribution in [0.3, 0.4) is 0 Å². The van der Waals surface area contributed by atoms with Crippen LogP contribution in [-0.4, -0.2) is 90.7 Å². The van der Waals surface area contributed by atoms with Crippen molar-refractivity contribution >= 4 is 28.5 Å². The van der Waals surface area contributed by atoms with E-state index in [0.29, 0.717) is 59.9 Å². The Bertz CT molecular complexity index is 1300. The number of aryl methyl sites for hydroxylation is 1. The van der Waals surface area contributed by atoms with E-state index in [1.165, 1.54) is 19.2 Å². The summed E-state index contributed by atoms with van der Waals surface area (Å²) in [6.45, 7) is 8.12. The molecule has 0 radical (unpaired) electrons. The molecule has 3 heterocycles. The Morgan fingerprint density at radius 3 is 2.15 bits per heavy atom. The number of ether oxygens (including phenoxy) is 1. The predicted molar refractivity (Wildman–Crippen MR) is 149 cm³/mol. The molecule has 0 aliphatic carbocycles. The summed E-state index contributed by atoms with van der Waals surface area (Å²) in [7, 11) is 3.53. The minimum absolute atomic E-state index is 0.101. The highest BCUT2D eigenvalue weighted by atomic mass is 19.1. The number of benzene rings is 2. The van der Waals surface area contributed by atoms with Crippen LogP contribution in [-0.2, 0) is 4.79 Å². The van der Waals surface area contributed by atoms with Crippen molar-refractivity contribution in [3.05, 3.63) is 65.1 Å². The van der Waals surface area contributed by atoms with Crippen LogP contribution in [0.15, 0.2) is 42.6 Å². The van der Waals surface area contributed by atoms with Crippen LogP contribution in [0.1, 0.15) is 46.0 Å². The predicted octanol–water partition coefficient (Wildman–Crippen LogP) is 4.14. The lowest BCUT2D eigenvalue weighted by atomic mass is 9.98. The van der Waals surface area contributed by atoms with Crippen molar-refractivity contribution in [2.75, 3.05) is 53.4 Å². The van der Waals surface area contributed by atoms with Crippen LogP contribution < -0.4 is 4.74 Å². The molecule has 0 spiro atoms. The lowest BCUT2D eigenvalue weighted by Gasteiger charge is -2.31. The molecule has 1 aromatic heterocycles. The molecule has 1 N–H and O–H groups in total. The average Bonchev–Trinajstić information content (AvgIpc) is 3.36.